The maximum absolute atomic E-state index is 13.1. The second kappa shape index (κ2) is 8.93. The van der Waals surface area contributed by atoms with Crippen molar-refractivity contribution < 1.29 is 9.18 Å². The number of aromatic nitrogens is 2. The van der Waals surface area contributed by atoms with E-state index in [-0.39, 0.29) is 23.1 Å². The van der Waals surface area contributed by atoms with E-state index in [1.165, 1.54) is 17.5 Å². The number of likely N-dealkylation sites (tertiary alicyclic amines) is 1. The first-order valence-corrected chi connectivity index (χ1v) is 10.5. The first kappa shape index (κ1) is 20.5. The summed E-state index contributed by atoms with van der Waals surface area (Å²) in [6.45, 7) is 3.07. The van der Waals surface area contributed by atoms with Gasteiger partial charge in [0.15, 0.2) is 5.78 Å². The molecule has 0 saturated carbocycles. The van der Waals surface area contributed by atoms with Gasteiger partial charge in [0.25, 0.3) is 5.56 Å². The van der Waals surface area contributed by atoms with Crippen LogP contribution in [0.2, 0.25) is 0 Å². The Morgan fingerprint density at radius 3 is 2.50 bits per heavy atom. The molecule has 1 fully saturated rings. The molecule has 3 aromatic rings. The van der Waals surface area contributed by atoms with Gasteiger partial charge in [0.1, 0.15) is 11.6 Å². The van der Waals surface area contributed by atoms with Crippen molar-refractivity contribution in [2.75, 3.05) is 19.6 Å². The number of fused-ring (bicyclic) bond motifs is 1. The molecule has 0 unspecified atom stereocenters. The summed E-state index contributed by atoms with van der Waals surface area (Å²) >= 11 is 5.08. The molecule has 1 aliphatic rings. The number of carbonyl (C=O) groups excluding carboxylic acids is 1. The van der Waals surface area contributed by atoms with Gasteiger partial charge in [-0.15, -0.1) is 0 Å². The first-order valence-electron chi connectivity index (χ1n) is 10.0. The van der Waals surface area contributed by atoms with Crippen molar-refractivity contribution in [3.05, 3.63) is 76.1 Å². The van der Waals surface area contributed by atoms with Crippen LogP contribution in [0.25, 0.3) is 10.9 Å². The zero-order valence-corrected chi connectivity index (χ0v) is 17.3. The quantitative estimate of drug-likeness (QED) is 0.449. The largest absolute Gasteiger partial charge is 0.324 e. The molecule has 0 radical (unpaired) electrons. The number of ketones is 1. The zero-order valence-electron chi connectivity index (χ0n) is 16.5. The average Bonchev–Trinajstić information content (AvgIpc) is 2.79. The van der Waals surface area contributed by atoms with Gasteiger partial charge in [-0.2, -0.15) is 4.98 Å². The van der Waals surface area contributed by atoms with E-state index in [1.807, 2.05) is 22.8 Å². The highest BCUT2D eigenvalue weighted by Gasteiger charge is 2.25. The summed E-state index contributed by atoms with van der Waals surface area (Å²) in [4.78, 5) is 31.3. The lowest BCUT2D eigenvalue weighted by atomic mass is 9.89. The minimum atomic E-state index is -0.332. The Kier molecular flexibility index (Phi) is 6.11. The first-order chi connectivity index (χ1) is 14.6. The Hall–Kier alpha value is -2.77. The summed E-state index contributed by atoms with van der Waals surface area (Å²) in [6, 6.07) is 13.2. The van der Waals surface area contributed by atoms with Crippen molar-refractivity contribution in [2.45, 2.75) is 19.4 Å². The van der Waals surface area contributed by atoms with Gasteiger partial charge in [-0.1, -0.05) is 24.4 Å². The fraction of sp³-hybridized carbons (Fsp3) is 0.304. The van der Waals surface area contributed by atoms with Gasteiger partial charge >= 0.3 is 0 Å². The monoisotopic (exact) mass is 423 g/mol. The summed E-state index contributed by atoms with van der Waals surface area (Å²) in [7, 11) is 0. The summed E-state index contributed by atoms with van der Waals surface area (Å²) < 4.78 is 15.1. The summed E-state index contributed by atoms with van der Waals surface area (Å²) in [5.41, 5.74) is 1.14. The minimum absolute atomic E-state index is 0.0295. The van der Waals surface area contributed by atoms with E-state index in [9.17, 15) is 14.0 Å². The van der Waals surface area contributed by atoms with Crippen LogP contribution < -0.4 is 5.56 Å². The summed E-state index contributed by atoms with van der Waals surface area (Å²) in [5, 5.41) is 2.03. The fourth-order valence-electron chi connectivity index (χ4n) is 4.07. The van der Waals surface area contributed by atoms with Crippen LogP contribution in [0, 0.1) is 11.7 Å². The Morgan fingerprint density at radius 1 is 1.10 bits per heavy atom. The molecule has 7 heteroatoms. The van der Waals surface area contributed by atoms with E-state index >= 15 is 0 Å². The number of hydrogen-bond acceptors (Lipinski definition) is 5. The van der Waals surface area contributed by atoms with Crippen molar-refractivity contribution in [3.8, 4) is 0 Å². The number of piperidine rings is 1. The third-order valence-corrected chi connectivity index (χ3v) is 5.96. The van der Waals surface area contributed by atoms with E-state index in [4.69, 9.17) is 12.2 Å². The van der Waals surface area contributed by atoms with Gasteiger partial charge in [0.05, 0.1) is 10.9 Å². The standard InChI is InChI=1S/C23H22FN3O2S/c24-18-7-5-16(6-8-18)22(28)17-9-11-26(12-10-17)13-14-27-20-4-2-1-3-19(20)23(29)25-21(27)15-30/h1-8,15,17H,9-14H2. The topological polar surface area (TPSA) is 55.2 Å². The van der Waals surface area contributed by atoms with Gasteiger partial charge < -0.3 is 9.47 Å². The number of Topliss-reactive ketones (excluding diaryl/α,β-unsaturated/α-hetero) is 1. The smallest absolute Gasteiger partial charge is 0.281 e. The van der Waals surface area contributed by atoms with Crippen molar-refractivity contribution in [3.63, 3.8) is 0 Å². The second-order valence-corrected chi connectivity index (χ2v) is 7.78. The maximum Gasteiger partial charge on any atom is 0.281 e. The van der Waals surface area contributed by atoms with Crippen molar-refractivity contribution >= 4 is 34.3 Å². The van der Waals surface area contributed by atoms with Crippen LogP contribution in [0.4, 0.5) is 4.39 Å². The van der Waals surface area contributed by atoms with Crippen LogP contribution in [0.1, 0.15) is 29.0 Å². The number of para-hydroxylation sites is 1. The lowest BCUT2D eigenvalue weighted by molar-refractivity contribution is 0.0837. The number of rotatable bonds is 6. The zero-order chi connectivity index (χ0) is 21.1. The predicted octanol–water partition coefficient (Wildman–Crippen LogP) is 3.48. The van der Waals surface area contributed by atoms with E-state index in [2.05, 4.69) is 9.88 Å². The average molecular weight is 424 g/mol. The number of nitrogens with zero attached hydrogens (tertiary/aromatic N) is 3. The summed E-state index contributed by atoms with van der Waals surface area (Å²) in [5.74, 6) is 0.225. The number of carbonyl (C=O) groups is 1. The predicted molar refractivity (Wildman–Crippen MR) is 119 cm³/mol. The lowest BCUT2D eigenvalue weighted by Crippen LogP contribution is -2.38. The third-order valence-electron chi connectivity index (χ3n) is 5.75. The van der Waals surface area contributed by atoms with Crippen LogP contribution in [-0.4, -0.2) is 45.2 Å². The van der Waals surface area contributed by atoms with Crippen LogP contribution in [0.15, 0.2) is 53.3 Å². The molecule has 0 aliphatic carbocycles. The van der Waals surface area contributed by atoms with Gasteiger partial charge in [-0.25, -0.2) is 4.39 Å². The second-order valence-electron chi connectivity index (χ2n) is 7.55. The Labute approximate surface area is 179 Å². The van der Waals surface area contributed by atoms with Gasteiger partial charge in [-0.05, 0) is 62.3 Å². The van der Waals surface area contributed by atoms with Crippen molar-refractivity contribution in [2.24, 2.45) is 5.92 Å². The molecule has 0 bridgehead atoms. The highest BCUT2D eigenvalue weighted by atomic mass is 32.1. The highest BCUT2D eigenvalue weighted by molar-refractivity contribution is 7.79. The van der Waals surface area contributed by atoms with E-state index < -0.39 is 0 Å². The molecule has 2 heterocycles. The molecule has 2 aromatic carbocycles. The lowest BCUT2D eigenvalue weighted by Gasteiger charge is -2.31. The minimum Gasteiger partial charge on any atom is -0.324 e. The Bertz CT molecular complexity index is 1140. The molecule has 4 rings (SSSR count). The van der Waals surface area contributed by atoms with Crippen LogP contribution in [-0.2, 0) is 6.54 Å². The maximum atomic E-state index is 13.1. The van der Waals surface area contributed by atoms with Crippen molar-refractivity contribution in [1.82, 2.24) is 14.5 Å². The third kappa shape index (κ3) is 4.22. The SMILES string of the molecule is O=C(c1ccc(F)cc1)C1CCN(CCn2c(C=S)nc(=O)c3ccccc32)CC1. The van der Waals surface area contributed by atoms with Crippen LogP contribution in [0.3, 0.4) is 0 Å². The molecule has 0 N–H and O–H groups in total. The van der Waals surface area contributed by atoms with Gasteiger partial charge in [-0.3, -0.25) is 9.59 Å². The normalized spacial score (nSPS) is 15.4. The number of halogens is 1. The summed E-state index contributed by atoms with van der Waals surface area (Å²) in [6.07, 6.45) is 1.55. The molecule has 0 spiro atoms. The number of thiocarbonyl (C=S) groups is 1. The number of hydrogen-bond donors (Lipinski definition) is 0. The molecule has 154 valence electrons. The molecular formula is C23H22FN3O2S. The molecule has 1 aliphatic heterocycles. The molecular weight excluding hydrogens is 401 g/mol. The molecule has 0 atom stereocenters. The van der Waals surface area contributed by atoms with E-state index in [0.29, 0.717) is 23.3 Å². The van der Waals surface area contributed by atoms with Crippen molar-refractivity contribution in [1.29, 1.82) is 0 Å². The van der Waals surface area contributed by atoms with E-state index in [0.717, 1.165) is 38.0 Å². The molecule has 30 heavy (non-hydrogen) atoms. The van der Waals surface area contributed by atoms with Crippen LogP contribution in [0.5, 0.6) is 0 Å². The molecule has 5 nitrogen and oxygen atoms in total. The molecule has 1 saturated heterocycles. The highest BCUT2D eigenvalue weighted by Crippen LogP contribution is 2.22. The number of benzene rings is 2. The van der Waals surface area contributed by atoms with Crippen LogP contribution >= 0.6 is 12.2 Å². The van der Waals surface area contributed by atoms with E-state index in [1.54, 1.807) is 18.2 Å². The fourth-order valence-corrected chi connectivity index (χ4v) is 4.25. The van der Waals surface area contributed by atoms with Gasteiger partial charge in [0, 0.05) is 29.9 Å². The molecule has 1 aromatic heterocycles. The van der Waals surface area contributed by atoms with Gasteiger partial charge in [0.2, 0.25) is 0 Å². The Morgan fingerprint density at radius 2 is 1.80 bits per heavy atom. The molecule has 0 amide bonds. The Balaban J connectivity index is 1.41.